The maximum atomic E-state index is 13.1. The van der Waals surface area contributed by atoms with Crippen LogP contribution in [0.3, 0.4) is 0 Å². The summed E-state index contributed by atoms with van der Waals surface area (Å²) in [6, 6.07) is 14.9. The molecule has 0 spiro atoms. The van der Waals surface area contributed by atoms with Crippen LogP contribution in [0.4, 0.5) is 0 Å². The van der Waals surface area contributed by atoms with Gasteiger partial charge in [-0.3, -0.25) is 0 Å². The molecule has 158 valence electrons. The lowest BCUT2D eigenvalue weighted by Gasteiger charge is -2.22. The number of methoxy groups -OCH3 is 2. The first-order chi connectivity index (χ1) is 14.2. The van der Waals surface area contributed by atoms with E-state index in [1.807, 2.05) is 58.0 Å². The average molecular weight is 427 g/mol. The number of ether oxygens (including phenoxy) is 3. The molecule has 3 rings (SSSR count). The Bertz CT molecular complexity index is 1040. The summed E-state index contributed by atoms with van der Waals surface area (Å²) in [7, 11) is 3.07. The lowest BCUT2D eigenvalue weighted by molar-refractivity contribution is 0.0700. The van der Waals surface area contributed by atoms with Crippen LogP contribution in [0.1, 0.15) is 36.8 Å². The molecule has 2 aromatic carbocycles. The van der Waals surface area contributed by atoms with Crippen LogP contribution in [0.25, 0.3) is 0 Å². The minimum absolute atomic E-state index is 0.313. The summed E-state index contributed by atoms with van der Waals surface area (Å²) < 4.78 is 18.2. The van der Waals surface area contributed by atoms with E-state index in [1.54, 1.807) is 30.0 Å². The summed E-state index contributed by atoms with van der Waals surface area (Å²) in [4.78, 5) is 14.9. The second kappa shape index (κ2) is 8.83. The van der Waals surface area contributed by atoms with Gasteiger partial charge in [-0.25, -0.2) is 9.48 Å². The van der Waals surface area contributed by atoms with Gasteiger partial charge in [-0.1, -0.05) is 30.0 Å². The molecule has 3 aromatic rings. The normalized spacial score (nSPS) is 11.3. The van der Waals surface area contributed by atoms with Crippen LogP contribution >= 0.6 is 11.8 Å². The van der Waals surface area contributed by atoms with Crippen LogP contribution in [0.2, 0.25) is 0 Å². The maximum absolute atomic E-state index is 13.1. The van der Waals surface area contributed by atoms with Gasteiger partial charge in [0, 0.05) is 11.0 Å². The molecule has 0 unspecified atom stereocenters. The standard InChI is InChI=1S/C23H26N2O4S/c1-15-20(30-17-10-8-7-9-11-17)21(25(24-15)23(2,3)4)29-22(26)18-13-12-16(27-5)14-19(18)28-6/h7-14H,1-6H3. The molecule has 0 N–H and O–H groups in total. The third kappa shape index (κ3) is 4.62. The molecule has 0 atom stereocenters. The van der Waals surface area contributed by atoms with Gasteiger partial charge in [-0.2, -0.15) is 5.10 Å². The van der Waals surface area contributed by atoms with Crippen LogP contribution in [0.15, 0.2) is 58.3 Å². The number of esters is 1. The van der Waals surface area contributed by atoms with Crippen molar-refractivity contribution in [3.8, 4) is 17.4 Å². The number of carbonyl (C=O) groups excluding carboxylic acids is 1. The smallest absolute Gasteiger partial charge is 0.348 e. The number of carbonyl (C=O) groups is 1. The van der Waals surface area contributed by atoms with Gasteiger partial charge in [0.05, 0.1) is 30.3 Å². The molecule has 0 aliphatic heterocycles. The molecule has 0 saturated carbocycles. The van der Waals surface area contributed by atoms with E-state index in [1.165, 1.54) is 18.9 Å². The molecule has 0 saturated heterocycles. The largest absolute Gasteiger partial charge is 0.497 e. The molecule has 1 aromatic heterocycles. The van der Waals surface area contributed by atoms with E-state index < -0.39 is 5.97 Å². The Labute approximate surface area is 181 Å². The van der Waals surface area contributed by atoms with Gasteiger partial charge in [-0.05, 0) is 52.0 Å². The zero-order valence-corrected chi connectivity index (χ0v) is 18.9. The van der Waals surface area contributed by atoms with Crippen LogP contribution in [-0.4, -0.2) is 30.0 Å². The van der Waals surface area contributed by atoms with Crippen molar-refractivity contribution in [1.29, 1.82) is 0 Å². The van der Waals surface area contributed by atoms with E-state index >= 15 is 0 Å². The molecule has 0 amide bonds. The number of nitrogens with zero attached hydrogens (tertiary/aromatic N) is 2. The van der Waals surface area contributed by atoms with Crippen molar-refractivity contribution in [3.63, 3.8) is 0 Å². The van der Waals surface area contributed by atoms with Gasteiger partial charge in [0.2, 0.25) is 5.88 Å². The van der Waals surface area contributed by atoms with Gasteiger partial charge < -0.3 is 14.2 Å². The van der Waals surface area contributed by atoms with E-state index in [4.69, 9.17) is 14.2 Å². The molecule has 0 fully saturated rings. The highest BCUT2D eigenvalue weighted by Crippen LogP contribution is 2.40. The van der Waals surface area contributed by atoms with Crippen molar-refractivity contribution in [2.75, 3.05) is 14.2 Å². The fraction of sp³-hybridized carbons (Fsp3) is 0.304. The number of benzene rings is 2. The van der Waals surface area contributed by atoms with Gasteiger partial charge in [0.1, 0.15) is 17.1 Å². The molecule has 0 aliphatic rings. The summed E-state index contributed by atoms with van der Waals surface area (Å²) in [5.74, 6) is 0.876. The van der Waals surface area contributed by atoms with Crippen molar-refractivity contribution in [3.05, 3.63) is 59.8 Å². The quantitative estimate of drug-likeness (QED) is 0.496. The summed E-state index contributed by atoms with van der Waals surface area (Å²) in [6.07, 6.45) is 0. The van der Waals surface area contributed by atoms with E-state index in [9.17, 15) is 4.79 Å². The molecular weight excluding hydrogens is 400 g/mol. The summed E-state index contributed by atoms with van der Waals surface area (Å²) in [5, 5.41) is 4.66. The molecule has 0 aliphatic carbocycles. The van der Waals surface area contributed by atoms with Crippen LogP contribution in [0, 0.1) is 6.92 Å². The van der Waals surface area contributed by atoms with Gasteiger partial charge >= 0.3 is 5.97 Å². The Morgan fingerprint density at radius 2 is 1.73 bits per heavy atom. The van der Waals surface area contributed by atoms with E-state index in [-0.39, 0.29) is 5.54 Å². The third-order valence-electron chi connectivity index (χ3n) is 4.38. The topological polar surface area (TPSA) is 62.6 Å². The lowest BCUT2D eigenvalue weighted by Crippen LogP contribution is -2.25. The number of hydrogen-bond acceptors (Lipinski definition) is 6. The number of hydrogen-bond donors (Lipinski definition) is 0. The Morgan fingerprint density at radius 1 is 1.03 bits per heavy atom. The summed E-state index contributed by atoms with van der Waals surface area (Å²) in [6.45, 7) is 7.96. The minimum Gasteiger partial charge on any atom is -0.497 e. The predicted molar refractivity (Wildman–Crippen MR) is 117 cm³/mol. The Balaban J connectivity index is 2.03. The lowest BCUT2D eigenvalue weighted by atomic mass is 10.1. The second-order valence-corrected chi connectivity index (χ2v) is 8.76. The van der Waals surface area contributed by atoms with Crippen molar-refractivity contribution in [2.45, 2.75) is 43.0 Å². The van der Waals surface area contributed by atoms with Crippen molar-refractivity contribution >= 4 is 17.7 Å². The van der Waals surface area contributed by atoms with Gasteiger partial charge in [0.25, 0.3) is 0 Å². The van der Waals surface area contributed by atoms with Crippen LogP contribution < -0.4 is 14.2 Å². The summed E-state index contributed by atoms with van der Waals surface area (Å²) in [5.41, 5.74) is 0.733. The number of aryl methyl sites for hydroxylation is 1. The highest BCUT2D eigenvalue weighted by molar-refractivity contribution is 7.99. The monoisotopic (exact) mass is 426 g/mol. The molecular formula is C23H26N2O4S. The average Bonchev–Trinajstić information content (AvgIpc) is 3.04. The van der Waals surface area contributed by atoms with Crippen LogP contribution in [0.5, 0.6) is 17.4 Å². The Kier molecular flexibility index (Phi) is 6.41. The number of aromatic nitrogens is 2. The van der Waals surface area contributed by atoms with Crippen molar-refractivity contribution in [1.82, 2.24) is 9.78 Å². The van der Waals surface area contributed by atoms with E-state index in [0.29, 0.717) is 22.9 Å². The molecule has 1 heterocycles. The Morgan fingerprint density at radius 3 is 2.33 bits per heavy atom. The molecule has 30 heavy (non-hydrogen) atoms. The zero-order chi connectivity index (χ0) is 21.9. The predicted octanol–water partition coefficient (Wildman–Crippen LogP) is 5.33. The third-order valence-corrected chi connectivity index (χ3v) is 5.56. The van der Waals surface area contributed by atoms with E-state index in [2.05, 4.69) is 5.10 Å². The molecule has 0 bridgehead atoms. The SMILES string of the molecule is COc1ccc(C(=O)Oc2c(Sc3ccccc3)c(C)nn2C(C)(C)C)c(OC)c1. The summed E-state index contributed by atoms with van der Waals surface area (Å²) >= 11 is 1.52. The first-order valence-corrected chi connectivity index (χ1v) is 10.3. The van der Waals surface area contributed by atoms with Crippen molar-refractivity contribution in [2.24, 2.45) is 0 Å². The fourth-order valence-corrected chi connectivity index (χ4v) is 3.80. The second-order valence-electron chi connectivity index (χ2n) is 7.67. The van der Waals surface area contributed by atoms with E-state index in [0.717, 1.165) is 15.5 Å². The van der Waals surface area contributed by atoms with Gasteiger partial charge in [-0.15, -0.1) is 0 Å². The number of rotatable bonds is 6. The van der Waals surface area contributed by atoms with Gasteiger partial charge in [0.15, 0.2) is 0 Å². The van der Waals surface area contributed by atoms with Crippen LogP contribution in [-0.2, 0) is 5.54 Å². The van der Waals surface area contributed by atoms with Crippen molar-refractivity contribution < 1.29 is 19.0 Å². The fourth-order valence-electron chi connectivity index (χ4n) is 2.87. The minimum atomic E-state index is -0.519. The molecule has 7 heteroatoms. The highest BCUT2D eigenvalue weighted by atomic mass is 32.2. The maximum Gasteiger partial charge on any atom is 0.348 e. The highest BCUT2D eigenvalue weighted by Gasteiger charge is 2.28. The Hall–Kier alpha value is -2.93. The molecule has 6 nitrogen and oxygen atoms in total. The first kappa shape index (κ1) is 21.8. The first-order valence-electron chi connectivity index (χ1n) is 9.51. The zero-order valence-electron chi connectivity index (χ0n) is 18.1. The molecule has 0 radical (unpaired) electrons.